The molecular formula is C35H44N4O3. The Kier molecular flexibility index (Phi) is 8.53. The molecule has 3 aromatic rings. The fraction of sp³-hybridized carbons (Fsp3) is 0.457. The van der Waals surface area contributed by atoms with E-state index in [0.29, 0.717) is 30.9 Å². The average Bonchev–Trinajstić information content (AvgIpc) is 2.93. The van der Waals surface area contributed by atoms with Gasteiger partial charge in [-0.3, -0.25) is 14.6 Å². The Balaban J connectivity index is 1.28. The fourth-order valence-corrected chi connectivity index (χ4v) is 7.22. The standard InChI is InChI=1S/C35H44N4O3/c1-23(2)39(24(3)40)30-16-10-25(11-17-30)18-32(41)38-29-19-31(26-8-6-5-7-9-26)33(37-20-29)27-12-14-28(15-13-27)35(36)21-34(4,42)22-35/h5-9,12-15,19-20,23,25,30,42H,10-11,16-18,21-22,36H2,1-4H3,(H,38,41)/t25?,30?,34-,35-. The number of pyridine rings is 1. The minimum Gasteiger partial charge on any atom is -0.390 e. The summed E-state index contributed by atoms with van der Waals surface area (Å²) in [5, 5.41) is 13.3. The van der Waals surface area contributed by atoms with Crippen LogP contribution in [0.5, 0.6) is 0 Å². The first-order valence-electron chi connectivity index (χ1n) is 15.2. The largest absolute Gasteiger partial charge is 0.390 e. The van der Waals surface area contributed by atoms with Crippen molar-refractivity contribution >= 4 is 17.5 Å². The van der Waals surface area contributed by atoms with Gasteiger partial charge in [0.2, 0.25) is 11.8 Å². The number of nitrogens with zero attached hydrogens (tertiary/aromatic N) is 2. The zero-order valence-electron chi connectivity index (χ0n) is 25.3. The first-order valence-corrected chi connectivity index (χ1v) is 15.2. The summed E-state index contributed by atoms with van der Waals surface area (Å²) in [4.78, 5) is 32.0. The molecule has 1 aromatic heterocycles. The van der Waals surface area contributed by atoms with E-state index in [0.717, 1.165) is 53.6 Å². The Morgan fingerprint density at radius 3 is 2.24 bits per heavy atom. The van der Waals surface area contributed by atoms with E-state index in [1.165, 1.54) is 0 Å². The highest BCUT2D eigenvalue weighted by Gasteiger charge is 2.49. The van der Waals surface area contributed by atoms with Crippen LogP contribution in [0, 0.1) is 5.92 Å². The van der Waals surface area contributed by atoms with Gasteiger partial charge in [0, 0.05) is 42.1 Å². The van der Waals surface area contributed by atoms with E-state index in [9.17, 15) is 14.7 Å². The van der Waals surface area contributed by atoms with E-state index < -0.39 is 11.1 Å². The first-order chi connectivity index (χ1) is 19.9. The number of nitrogens with two attached hydrogens (primary N) is 1. The molecule has 2 aliphatic carbocycles. The van der Waals surface area contributed by atoms with Crippen molar-refractivity contribution in [1.29, 1.82) is 0 Å². The second-order valence-electron chi connectivity index (χ2n) is 13.0. The van der Waals surface area contributed by atoms with Gasteiger partial charge in [0.05, 0.1) is 23.2 Å². The number of carbonyl (C=O) groups is 2. The molecule has 7 nitrogen and oxygen atoms in total. The van der Waals surface area contributed by atoms with Gasteiger partial charge < -0.3 is 21.1 Å². The number of nitrogens with one attached hydrogen (secondary N) is 1. The van der Waals surface area contributed by atoms with Gasteiger partial charge in [0.1, 0.15) is 0 Å². The summed E-state index contributed by atoms with van der Waals surface area (Å²) in [6.45, 7) is 7.60. The monoisotopic (exact) mass is 568 g/mol. The van der Waals surface area contributed by atoms with Crippen molar-refractivity contribution in [3.05, 3.63) is 72.4 Å². The van der Waals surface area contributed by atoms with Crippen LogP contribution in [0.15, 0.2) is 66.9 Å². The van der Waals surface area contributed by atoms with Crippen LogP contribution in [0.3, 0.4) is 0 Å². The summed E-state index contributed by atoms with van der Waals surface area (Å²) in [6.07, 6.45) is 7.03. The quantitative estimate of drug-likeness (QED) is 0.297. The zero-order valence-corrected chi connectivity index (χ0v) is 25.3. The highest BCUT2D eigenvalue weighted by Crippen LogP contribution is 2.46. The van der Waals surface area contributed by atoms with Crippen LogP contribution in [-0.4, -0.2) is 44.5 Å². The summed E-state index contributed by atoms with van der Waals surface area (Å²) in [5.41, 5.74) is 10.8. The molecule has 4 N–H and O–H groups in total. The zero-order chi connectivity index (χ0) is 30.1. The molecule has 2 amide bonds. The molecule has 0 aliphatic heterocycles. The molecule has 7 heteroatoms. The average molecular weight is 569 g/mol. The molecule has 5 rings (SSSR count). The van der Waals surface area contributed by atoms with Crippen molar-refractivity contribution < 1.29 is 14.7 Å². The molecule has 222 valence electrons. The first kappa shape index (κ1) is 29.9. The topological polar surface area (TPSA) is 109 Å². The number of hydrogen-bond acceptors (Lipinski definition) is 5. The summed E-state index contributed by atoms with van der Waals surface area (Å²) in [7, 11) is 0. The van der Waals surface area contributed by atoms with Crippen molar-refractivity contribution in [3.8, 4) is 22.4 Å². The van der Waals surface area contributed by atoms with Crippen LogP contribution >= 0.6 is 0 Å². The maximum atomic E-state index is 13.1. The van der Waals surface area contributed by atoms with Crippen molar-refractivity contribution in [2.45, 2.75) is 95.9 Å². The molecule has 2 aromatic carbocycles. The third-order valence-corrected chi connectivity index (χ3v) is 8.99. The Labute approximate surface area is 249 Å². The number of anilines is 1. The SMILES string of the molecule is CC(=O)N(C(C)C)C1CCC(CC(=O)Nc2cnc(-c3ccc([C@]4(N)C[C@](C)(O)C4)cc3)c(-c3ccccc3)c2)CC1. The number of hydrogen-bond donors (Lipinski definition) is 3. The summed E-state index contributed by atoms with van der Waals surface area (Å²) in [6, 6.07) is 20.7. The number of aliphatic hydroxyl groups is 1. The summed E-state index contributed by atoms with van der Waals surface area (Å²) < 4.78 is 0. The number of benzene rings is 2. The van der Waals surface area contributed by atoms with E-state index in [1.807, 2.05) is 72.5 Å². The highest BCUT2D eigenvalue weighted by atomic mass is 16.3. The minimum absolute atomic E-state index is 0.00623. The third-order valence-electron chi connectivity index (χ3n) is 8.99. The van der Waals surface area contributed by atoms with Gasteiger partial charge in [0.15, 0.2) is 0 Å². The molecule has 42 heavy (non-hydrogen) atoms. The van der Waals surface area contributed by atoms with E-state index in [4.69, 9.17) is 10.7 Å². The van der Waals surface area contributed by atoms with Gasteiger partial charge in [-0.1, -0.05) is 54.6 Å². The van der Waals surface area contributed by atoms with Gasteiger partial charge >= 0.3 is 0 Å². The van der Waals surface area contributed by atoms with Crippen molar-refractivity contribution in [3.63, 3.8) is 0 Å². The molecule has 2 aliphatic rings. The molecule has 2 fully saturated rings. The van der Waals surface area contributed by atoms with E-state index >= 15 is 0 Å². The second kappa shape index (κ2) is 12.0. The van der Waals surface area contributed by atoms with E-state index in [1.54, 1.807) is 13.1 Å². The maximum Gasteiger partial charge on any atom is 0.224 e. The van der Waals surface area contributed by atoms with Crippen LogP contribution in [0.25, 0.3) is 22.4 Å². The normalized spacial score (nSPS) is 25.5. The van der Waals surface area contributed by atoms with Gasteiger partial charge in [-0.05, 0) is 82.4 Å². The number of rotatable bonds is 8. The lowest BCUT2D eigenvalue weighted by atomic mass is 9.63. The van der Waals surface area contributed by atoms with Gasteiger partial charge in [0.25, 0.3) is 0 Å². The Morgan fingerprint density at radius 2 is 1.67 bits per heavy atom. The molecule has 0 unspecified atom stereocenters. The molecule has 1 heterocycles. The Hall–Kier alpha value is -3.55. The lowest BCUT2D eigenvalue weighted by molar-refractivity contribution is -0.134. The predicted molar refractivity (Wildman–Crippen MR) is 167 cm³/mol. The lowest BCUT2D eigenvalue weighted by Crippen LogP contribution is -2.58. The molecule has 2 saturated carbocycles. The predicted octanol–water partition coefficient (Wildman–Crippen LogP) is 6.26. The number of amides is 2. The van der Waals surface area contributed by atoms with Crippen molar-refractivity contribution in [1.82, 2.24) is 9.88 Å². The Morgan fingerprint density at radius 1 is 1.02 bits per heavy atom. The van der Waals surface area contributed by atoms with E-state index in [2.05, 4.69) is 19.2 Å². The fourth-order valence-electron chi connectivity index (χ4n) is 7.22. The van der Waals surface area contributed by atoms with Crippen molar-refractivity contribution in [2.24, 2.45) is 11.7 Å². The molecule has 0 spiro atoms. The number of carbonyl (C=O) groups excluding carboxylic acids is 2. The van der Waals surface area contributed by atoms with Gasteiger partial charge in [-0.25, -0.2) is 0 Å². The van der Waals surface area contributed by atoms with Crippen LogP contribution in [0.2, 0.25) is 0 Å². The molecular weight excluding hydrogens is 524 g/mol. The van der Waals surface area contributed by atoms with Gasteiger partial charge in [-0.15, -0.1) is 0 Å². The minimum atomic E-state index is -0.709. The van der Waals surface area contributed by atoms with E-state index in [-0.39, 0.29) is 23.9 Å². The highest BCUT2D eigenvalue weighted by molar-refractivity contribution is 5.93. The smallest absolute Gasteiger partial charge is 0.224 e. The molecule has 0 radical (unpaired) electrons. The Bertz CT molecular complexity index is 1400. The molecule has 0 atom stereocenters. The summed E-state index contributed by atoms with van der Waals surface area (Å²) in [5.74, 6) is 0.434. The van der Waals surface area contributed by atoms with Crippen LogP contribution in [-0.2, 0) is 15.1 Å². The van der Waals surface area contributed by atoms with Gasteiger partial charge in [-0.2, -0.15) is 0 Å². The second-order valence-corrected chi connectivity index (χ2v) is 13.0. The van der Waals surface area contributed by atoms with Crippen LogP contribution in [0.1, 0.15) is 78.2 Å². The summed E-state index contributed by atoms with van der Waals surface area (Å²) >= 11 is 0. The molecule has 0 saturated heterocycles. The third kappa shape index (κ3) is 6.58. The number of aromatic nitrogens is 1. The van der Waals surface area contributed by atoms with Crippen molar-refractivity contribution in [2.75, 3.05) is 5.32 Å². The van der Waals surface area contributed by atoms with Crippen LogP contribution < -0.4 is 11.1 Å². The van der Waals surface area contributed by atoms with Crippen LogP contribution in [0.4, 0.5) is 5.69 Å². The molecule has 0 bridgehead atoms. The maximum absolute atomic E-state index is 13.1. The lowest BCUT2D eigenvalue weighted by Gasteiger charge is -2.49.